The highest BCUT2D eigenvalue weighted by Gasteiger charge is 2.18. The minimum Gasteiger partial charge on any atom is -0.300 e. The van der Waals surface area contributed by atoms with Crippen molar-refractivity contribution in [1.29, 1.82) is 0 Å². The first kappa shape index (κ1) is 17.7. The Morgan fingerprint density at radius 2 is 1.65 bits per heavy atom. The fourth-order valence-corrected chi connectivity index (χ4v) is 3.82. The van der Waals surface area contributed by atoms with Gasteiger partial charge >= 0.3 is 0 Å². The van der Waals surface area contributed by atoms with Crippen molar-refractivity contribution in [3.05, 3.63) is 28.2 Å². The van der Waals surface area contributed by atoms with Gasteiger partial charge in [0.05, 0.1) is 4.90 Å². The number of rotatable bonds is 7. The molecule has 114 valence electrons. The molecule has 0 heterocycles. The van der Waals surface area contributed by atoms with E-state index in [-0.39, 0.29) is 10.9 Å². The predicted molar refractivity (Wildman–Crippen MR) is 84.0 cm³/mol. The number of halogens is 2. The van der Waals surface area contributed by atoms with Gasteiger partial charge in [-0.2, -0.15) is 0 Å². The largest absolute Gasteiger partial charge is 0.300 e. The minimum atomic E-state index is -3.60. The van der Waals surface area contributed by atoms with Crippen molar-refractivity contribution in [1.82, 2.24) is 9.62 Å². The van der Waals surface area contributed by atoms with Gasteiger partial charge in [-0.1, -0.05) is 37.0 Å². The van der Waals surface area contributed by atoms with Crippen LogP contribution < -0.4 is 4.72 Å². The van der Waals surface area contributed by atoms with Crippen molar-refractivity contribution >= 4 is 33.2 Å². The summed E-state index contributed by atoms with van der Waals surface area (Å²) in [5, 5.41) is 0.601. The van der Waals surface area contributed by atoms with E-state index in [9.17, 15) is 8.42 Å². The summed E-state index contributed by atoms with van der Waals surface area (Å²) in [6.45, 7) is 8.18. The first-order valence-electron chi connectivity index (χ1n) is 6.50. The first-order chi connectivity index (χ1) is 9.30. The molecular formula is C13H20Cl2N2O2S. The molecule has 1 N–H and O–H groups in total. The molecule has 0 aliphatic heterocycles. The van der Waals surface area contributed by atoms with Crippen molar-refractivity contribution in [2.75, 3.05) is 19.6 Å². The van der Waals surface area contributed by atoms with Gasteiger partial charge in [0.1, 0.15) is 0 Å². The molecular weight excluding hydrogens is 319 g/mol. The van der Waals surface area contributed by atoms with Crippen LogP contribution in [0.3, 0.4) is 0 Å². The highest BCUT2D eigenvalue weighted by atomic mass is 35.5. The van der Waals surface area contributed by atoms with E-state index in [0.29, 0.717) is 16.6 Å². The lowest BCUT2D eigenvalue weighted by Gasteiger charge is -2.26. The summed E-state index contributed by atoms with van der Waals surface area (Å²) < 4.78 is 27.0. The Labute approximate surface area is 131 Å². The van der Waals surface area contributed by atoms with Crippen LogP contribution >= 0.6 is 23.2 Å². The normalized spacial score (nSPS) is 13.7. The van der Waals surface area contributed by atoms with Gasteiger partial charge in [-0.15, -0.1) is 0 Å². The van der Waals surface area contributed by atoms with Crippen LogP contribution in [0, 0.1) is 0 Å². The maximum absolute atomic E-state index is 12.2. The van der Waals surface area contributed by atoms with Crippen LogP contribution in [0.5, 0.6) is 0 Å². The van der Waals surface area contributed by atoms with Crippen LogP contribution in [0.2, 0.25) is 10.0 Å². The molecule has 1 unspecified atom stereocenters. The summed E-state index contributed by atoms with van der Waals surface area (Å²) in [6.07, 6.45) is 0. The third-order valence-corrected chi connectivity index (χ3v) is 4.99. The topological polar surface area (TPSA) is 49.4 Å². The molecule has 1 rings (SSSR count). The average molecular weight is 339 g/mol. The lowest BCUT2D eigenvalue weighted by molar-refractivity contribution is 0.232. The van der Waals surface area contributed by atoms with E-state index in [0.717, 1.165) is 13.1 Å². The number of nitrogens with one attached hydrogen (secondary N) is 1. The minimum absolute atomic E-state index is 0.0850. The molecule has 0 amide bonds. The molecule has 20 heavy (non-hydrogen) atoms. The Kier molecular flexibility index (Phi) is 6.75. The van der Waals surface area contributed by atoms with Gasteiger partial charge in [-0.05, 0) is 38.2 Å². The van der Waals surface area contributed by atoms with Crippen LogP contribution in [-0.2, 0) is 10.0 Å². The lowest BCUT2D eigenvalue weighted by Crippen LogP contribution is -2.41. The van der Waals surface area contributed by atoms with Crippen LogP contribution in [-0.4, -0.2) is 39.0 Å². The number of likely N-dealkylation sites (N-methyl/N-ethyl adjacent to an activating group) is 1. The van der Waals surface area contributed by atoms with E-state index >= 15 is 0 Å². The number of nitrogens with zero attached hydrogens (tertiary/aromatic N) is 1. The summed E-state index contributed by atoms with van der Waals surface area (Å²) in [5.74, 6) is 0. The molecule has 7 heteroatoms. The second-order valence-corrected chi connectivity index (χ2v) is 7.17. The highest BCUT2D eigenvalue weighted by molar-refractivity contribution is 7.89. The Morgan fingerprint density at radius 1 is 1.15 bits per heavy atom. The van der Waals surface area contributed by atoms with Crippen molar-refractivity contribution in [3.8, 4) is 0 Å². The van der Waals surface area contributed by atoms with Crippen LogP contribution in [0.25, 0.3) is 0 Å². The smallest absolute Gasteiger partial charge is 0.240 e. The third-order valence-electron chi connectivity index (χ3n) is 3.15. The van der Waals surface area contributed by atoms with Crippen molar-refractivity contribution in [3.63, 3.8) is 0 Å². The van der Waals surface area contributed by atoms with Gasteiger partial charge < -0.3 is 0 Å². The third kappa shape index (κ3) is 4.90. The SMILES string of the molecule is CCN(CC)C(C)CNS(=O)(=O)c1cc(Cl)cc(Cl)c1. The zero-order valence-corrected chi connectivity index (χ0v) is 14.2. The summed E-state index contributed by atoms with van der Waals surface area (Å²) in [6, 6.07) is 4.39. The van der Waals surface area contributed by atoms with Crippen molar-refractivity contribution in [2.24, 2.45) is 0 Å². The number of sulfonamides is 1. The Balaban J connectivity index is 2.80. The molecule has 0 radical (unpaired) electrons. The van der Waals surface area contributed by atoms with E-state index in [2.05, 4.69) is 9.62 Å². The number of hydrogen-bond donors (Lipinski definition) is 1. The second kappa shape index (κ2) is 7.61. The second-order valence-electron chi connectivity index (χ2n) is 4.53. The van der Waals surface area contributed by atoms with E-state index in [4.69, 9.17) is 23.2 Å². The van der Waals surface area contributed by atoms with Gasteiger partial charge in [0, 0.05) is 22.6 Å². The maximum atomic E-state index is 12.2. The van der Waals surface area contributed by atoms with Crippen LogP contribution in [0.4, 0.5) is 0 Å². The van der Waals surface area contributed by atoms with Crippen molar-refractivity contribution in [2.45, 2.75) is 31.7 Å². The summed E-state index contributed by atoms with van der Waals surface area (Å²) in [5.41, 5.74) is 0. The molecule has 0 aliphatic rings. The van der Waals surface area contributed by atoms with Gasteiger partial charge in [-0.25, -0.2) is 13.1 Å². The maximum Gasteiger partial charge on any atom is 0.240 e. The Hall–Kier alpha value is -0.330. The molecule has 0 aromatic heterocycles. The van der Waals surface area contributed by atoms with E-state index < -0.39 is 10.0 Å². The summed E-state index contributed by atoms with van der Waals surface area (Å²) in [4.78, 5) is 2.26. The standard InChI is InChI=1S/C13H20Cl2N2O2S/c1-4-17(5-2)10(3)9-16-20(18,19)13-7-11(14)6-12(15)8-13/h6-8,10,16H,4-5,9H2,1-3H3. The van der Waals surface area contributed by atoms with Gasteiger partial charge in [0.15, 0.2) is 0 Å². The molecule has 0 fully saturated rings. The Morgan fingerprint density at radius 3 is 2.10 bits per heavy atom. The monoisotopic (exact) mass is 338 g/mol. The molecule has 1 aromatic carbocycles. The fraction of sp³-hybridized carbons (Fsp3) is 0.538. The predicted octanol–water partition coefficient (Wildman–Crippen LogP) is 3.00. The van der Waals surface area contributed by atoms with Crippen LogP contribution in [0.1, 0.15) is 20.8 Å². The average Bonchev–Trinajstić information content (AvgIpc) is 2.37. The zero-order chi connectivity index (χ0) is 15.3. The van der Waals surface area contributed by atoms with Gasteiger partial charge in [0.2, 0.25) is 10.0 Å². The number of benzene rings is 1. The van der Waals surface area contributed by atoms with E-state index in [1.165, 1.54) is 18.2 Å². The van der Waals surface area contributed by atoms with E-state index in [1.807, 2.05) is 20.8 Å². The molecule has 0 saturated heterocycles. The molecule has 0 spiro atoms. The molecule has 1 aromatic rings. The zero-order valence-electron chi connectivity index (χ0n) is 11.9. The lowest BCUT2D eigenvalue weighted by atomic mass is 10.3. The van der Waals surface area contributed by atoms with Gasteiger partial charge in [-0.3, -0.25) is 4.90 Å². The quantitative estimate of drug-likeness (QED) is 0.831. The molecule has 0 bridgehead atoms. The van der Waals surface area contributed by atoms with Gasteiger partial charge in [0.25, 0.3) is 0 Å². The highest BCUT2D eigenvalue weighted by Crippen LogP contribution is 2.22. The number of hydrogen-bond acceptors (Lipinski definition) is 3. The van der Waals surface area contributed by atoms with Crippen molar-refractivity contribution < 1.29 is 8.42 Å². The summed E-state index contributed by atoms with van der Waals surface area (Å²) in [7, 11) is -3.60. The molecule has 0 saturated carbocycles. The first-order valence-corrected chi connectivity index (χ1v) is 8.73. The molecule has 1 atom stereocenters. The van der Waals surface area contributed by atoms with Crippen LogP contribution in [0.15, 0.2) is 23.1 Å². The van der Waals surface area contributed by atoms with E-state index in [1.54, 1.807) is 0 Å². The summed E-state index contributed by atoms with van der Waals surface area (Å²) >= 11 is 11.7. The fourth-order valence-electron chi connectivity index (χ4n) is 1.97. The molecule has 0 aliphatic carbocycles. The Bertz CT molecular complexity index is 525. The molecule has 4 nitrogen and oxygen atoms in total.